The number of carbonyl (C=O) groups is 2. The smallest absolute Gasteiger partial charge is 0.262 e. The Morgan fingerprint density at radius 1 is 0.921 bits per heavy atom. The molecule has 1 aromatic heterocycles. The van der Waals surface area contributed by atoms with Gasteiger partial charge in [-0.05, 0) is 73.1 Å². The van der Waals surface area contributed by atoms with Gasteiger partial charge in [0.1, 0.15) is 11.5 Å². The molecule has 0 saturated heterocycles. The van der Waals surface area contributed by atoms with Crippen LogP contribution in [0.25, 0.3) is 10.9 Å². The van der Waals surface area contributed by atoms with Gasteiger partial charge in [0.2, 0.25) is 5.91 Å². The van der Waals surface area contributed by atoms with Crippen molar-refractivity contribution in [3.05, 3.63) is 88.6 Å². The van der Waals surface area contributed by atoms with Crippen LogP contribution in [0, 0.1) is 6.92 Å². The molecular weight excluding hydrogens is 516 g/mol. The number of amides is 1. The molecule has 4 aromatic rings. The van der Waals surface area contributed by atoms with Gasteiger partial charge in [-0.25, -0.2) is 0 Å². The fraction of sp³-hybridized carbons (Fsp3) is 0.267. The standard InChI is InChI=1S/C30H33ClN2O4Si/c1-20-26(19-29(34)32-16-17-38(4,5)25-13-10-23(36-2)11-14-25)27-18-24(37-3)12-15-28(27)33(20)30(35)21-6-8-22(31)9-7-21/h6-15,18H,16-17,19H2,1-5H3,(H,32,34). The number of nitrogens with one attached hydrogen (secondary N) is 1. The maximum absolute atomic E-state index is 13.5. The summed E-state index contributed by atoms with van der Waals surface area (Å²) in [5.41, 5.74) is 2.80. The van der Waals surface area contributed by atoms with Crippen LogP contribution in [-0.2, 0) is 11.2 Å². The van der Waals surface area contributed by atoms with Gasteiger partial charge in [-0.2, -0.15) is 0 Å². The summed E-state index contributed by atoms with van der Waals surface area (Å²) < 4.78 is 12.4. The van der Waals surface area contributed by atoms with Gasteiger partial charge in [0.25, 0.3) is 5.91 Å². The lowest BCUT2D eigenvalue weighted by molar-refractivity contribution is -0.120. The van der Waals surface area contributed by atoms with Crippen LogP contribution in [-0.4, -0.2) is 45.2 Å². The van der Waals surface area contributed by atoms with E-state index in [1.807, 2.05) is 37.3 Å². The molecule has 38 heavy (non-hydrogen) atoms. The zero-order valence-electron chi connectivity index (χ0n) is 22.4. The number of hydrogen-bond acceptors (Lipinski definition) is 4. The van der Waals surface area contributed by atoms with Crippen LogP contribution in [0.2, 0.25) is 24.2 Å². The summed E-state index contributed by atoms with van der Waals surface area (Å²) in [5, 5.41) is 5.82. The Hall–Kier alpha value is -3.55. The van der Waals surface area contributed by atoms with Crippen molar-refractivity contribution in [1.29, 1.82) is 0 Å². The number of hydrogen-bond donors (Lipinski definition) is 1. The lowest BCUT2D eigenvalue weighted by atomic mass is 10.1. The third-order valence-electron chi connectivity index (χ3n) is 7.12. The highest BCUT2D eigenvalue weighted by molar-refractivity contribution is 6.89. The predicted octanol–water partition coefficient (Wildman–Crippen LogP) is 5.58. The van der Waals surface area contributed by atoms with E-state index in [0.717, 1.165) is 34.0 Å². The molecule has 198 valence electrons. The first kappa shape index (κ1) is 27.5. The van der Waals surface area contributed by atoms with Gasteiger partial charge < -0.3 is 14.8 Å². The highest BCUT2D eigenvalue weighted by atomic mass is 35.5. The lowest BCUT2D eigenvalue weighted by Crippen LogP contribution is -2.44. The van der Waals surface area contributed by atoms with Crippen molar-refractivity contribution in [3.8, 4) is 11.5 Å². The molecule has 3 aromatic carbocycles. The van der Waals surface area contributed by atoms with Crippen LogP contribution in [0.1, 0.15) is 21.6 Å². The first-order valence-electron chi connectivity index (χ1n) is 12.5. The van der Waals surface area contributed by atoms with Crippen LogP contribution in [0.15, 0.2) is 66.7 Å². The molecule has 0 aliphatic carbocycles. The zero-order valence-corrected chi connectivity index (χ0v) is 24.2. The number of methoxy groups -OCH3 is 2. The van der Waals surface area contributed by atoms with Crippen molar-refractivity contribution >= 4 is 47.6 Å². The maximum Gasteiger partial charge on any atom is 0.262 e. The summed E-state index contributed by atoms with van der Waals surface area (Å²) in [7, 11) is 1.53. The Bertz CT molecular complexity index is 1460. The molecule has 0 saturated carbocycles. The van der Waals surface area contributed by atoms with Crippen molar-refractivity contribution in [2.24, 2.45) is 0 Å². The molecule has 0 unspecified atom stereocenters. The van der Waals surface area contributed by atoms with E-state index in [1.165, 1.54) is 5.19 Å². The van der Waals surface area contributed by atoms with E-state index >= 15 is 0 Å². The van der Waals surface area contributed by atoms with Crippen LogP contribution < -0.4 is 20.0 Å². The molecule has 8 heteroatoms. The fourth-order valence-corrected chi connectivity index (χ4v) is 6.95. The van der Waals surface area contributed by atoms with E-state index in [2.05, 4.69) is 30.5 Å². The molecule has 6 nitrogen and oxygen atoms in total. The summed E-state index contributed by atoms with van der Waals surface area (Å²) in [6.45, 7) is 7.07. The van der Waals surface area contributed by atoms with Crippen molar-refractivity contribution < 1.29 is 19.1 Å². The molecule has 0 bridgehead atoms. The second-order valence-electron chi connectivity index (χ2n) is 9.98. The molecular formula is C30H33ClN2O4Si. The van der Waals surface area contributed by atoms with E-state index in [4.69, 9.17) is 21.1 Å². The molecule has 0 aliphatic heterocycles. The van der Waals surface area contributed by atoms with Gasteiger partial charge in [0.15, 0.2) is 0 Å². The topological polar surface area (TPSA) is 69.6 Å². The summed E-state index contributed by atoms with van der Waals surface area (Å²) in [6, 6.07) is 21.5. The first-order chi connectivity index (χ1) is 18.1. The Labute approximate surface area is 229 Å². The van der Waals surface area contributed by atoms with Crippen molar-refractivity contribution in [3.63, 3.8) is 0 Å². The summed E-state index contributed by atoms with van der Waals surface area (Å²) in [4.78, 5) is 26.6. The molecule has 0 aliphatic rings. The minimum Gasteiger partial charge on any atom is -0.497 e. The van der Waals surface area contributed by atoms with Crippen LogP contribution >= 0.6 is 11.6 Å². The van der Waals surface area contributed by atoms with Crippen LogP contribution in [0.5, 0.6) is 11.5 Å². The van der Waals surface area contributed by atoms with Crippen LogP contribution in [0.4, 0.5) is 0 Å². The van der Waals surface area contributed by atoms with Gasteiger partial charge in [0, 0.05) is 28.2 Å². The van der Waals surface area contributed by atoms with Gasteiger partial charge in [-0.3, -0.25) is 14.2 Å². The van der Waals surface area contributed by atoms with Crippen molar-refractivity contribution in [2.45, 2.75) is 32.5 Å². The molecule has 0 radical (unpaired) electrons. The van der Waals surface area contributed by atoms with Crippen molar-refractivity contribution in [2.75, 3.05) is 20.8 Å². The summed E-state index contributed by atoms with van der Waals surface area (Å²) in [5.74, 6) is 1.26. The molecule has 4 rings (SSSR count). The van der Waals surface area contributed by atoms with Gasteiger partial charge in [-0.1, -0.05) is 42.0 Å². The molecule has 0 fully saturated rings. The van der Waals surface area contributed by atoms with Crippen LogP contribution in [0.3, 0.4) is 0 Å². The van der Waals surface area contributed by atoms with E-state index in [-0.39, 0.29) is 18.2 Å². The summed E-state index contributed by atoms with van der Waals surface area (Å²) in [6.07, 6.45) is 0.168. The van der Waals surface area contributed by atoms with E-state index < -0.39 is 8.07 Å². The maximum atomic E-state index is 13.5. The monoisotopic (exact) mass is 548 g/mol. The lowest BCUT2D eigenvalue weighted by Gasteiger charge is -2.23. The molecule has 1 amide bonds. The minimum absolute atomic E-state index is 0.0755. The largest absolute Gasteiger partial charge is 0.497 e. The first-order valence-corrected chi connectivity index (χ1v) is 16.1. The number of benzene rings is 3. The number of rotatable bonds is 9. The third-order valence-corrected chi connectivity index (χ3v) is 10.8. The number of halogens is 1. The number of ether oxygens (including phenoxy) is 2. The predicted molar refractivity (Wildman–Crippen MR) is 156 cm³/mol. The Morgan fingerprint density at radius 3 is 2.18 bits per heavy atom. The Balaban J connectivity index is 1.54. The average molecular weight is 549 g/mol. The number of fused-ring (bicyclic) bond motifs is 1. The molecule has 1 heterocycles. The number of nitrogens with zero attached hydrogens (tertiary/aromatic N) is 1. The van der Waals surface area contributed by atoms with Gasteiger partial charge in [-0.15, -0.1) is 0 Å². The third kappa shape index (κ3) is 5.79. The summed E-state index contributed by atoms with van der Waals surface area (Å²) >= 11 is 6.02. The highest BCUT2D eigenvalue weighted by Gasteiger charge is 2.25. The molecule has 0 atom stereocenters. The number of aromatic nitrogens is 1. The number of carbonyl (C=O) groups excluding carboxylic acids is 2. The normalized spacial score (nSPS) is 11.4. The zero-order chi connectivity index (χ0) is 27.4. The van der Waals surface area contributed by atoms with E-state index in [1.54, 1.807) is 43.1 Å². The second-order valence-corrected chi connectivity index (χ2v) is 15.3. The van der Waals surface area contributed by atoms with Gasteiger partial charge >= 0.3 is 0 Å². The van der Waals surface area contributed by atoms with E-state index in [9.17, 15) is 9.59 Å². The second kappa shape index (κ2) is 11.5. The van der Waals surface area contributed by atoms with Crippen molar-refractivity contribution in [1.82, 2.24) is 9.88 Å². The highest BCUT2D eigenvalue weighted by Crippen LogP contribution is 2.31. The van der Waals surface area contributed by atoms with Gasteiger partial charge in [0.05, 0.1) is 34.2 Å². The Morgan fingerprint density at radius 2 is 1.55 bits per heavy atom. The molecule has 1 N–H and O–H groups in total. The average Bonchev–Trinajstić information content (AvgIpc) is 3.18. The SMILES string of the molecule is COc1ccc([Si](C)(C)CCNC(=O)Cc2c(C)n(C(=O)c3ccc(Cl)cc3)c3ccc(OC)cc23)cc1. The van der Waals surface area contributed by atoms with E-state index in [0.29, 0.717) is 22.9 Å². The quantitative estimate of drug-likeness (QED) is 0.277. The minimum atomic E-state index is -1.74. The fourth-order valence-electron chi connectivity index (χ4n) is 4.72. The Kier molecular flexibility index (Phi) is 8.28. The molecule has 0 spiro atoms.